The van der Waals surface area contributed by atoms with Crippen molar-refractivity contribution in [3.05, 3.63) is 42.0 Å². The second-order valence-corrected chi connectivity index (χ2v) is 5.97. The molecule has 126 valence electrons. The first-order valence-corrected chi connectivity index (χ1v) is 7.89. The number of carboxylic acids is 1. The van der Waals surface area contributed by atoms with Gasteiger partial charge in [-0.3, -0.25) is 4.98 Å². The van der Waals surface area contributed by atoms with Crippen molar-refractivity contribution < 1.29 is 14.6 Å². The van der Waals surface area contributed by atoms with Gasteiger partial charge in [0.05, 0.1) is 5.69 Å². The number of hydrogen-bond acceptors (Lipinski definition) is 6. The Morgan fingerprint density at radius 2 is 1.96 bits per heavy atom. The predicted molar refractivity (Wildman–Crippen MR) is 88.2 cm³/mol. The fourth-order valence-corrected chi connectivity index (χ4v) is 2.80. The van der Waals surface area contributed by atoms with E-state index >= 15 is 0 Å². The van der Waals surface area contributed by atoms with Gasteiger partial charge in [-0.1, -0.05) is 0 Å². The summed E-state index contributed by atoms with van der Waals surface area (Å²) in [5, 5.41) is 9.75. The van der Waals surface area contributed by atoms with E-state index in [1.165, 1.54) is 0 Å². The first-order valence-electron chi connectivity index (χ1n) is 7.89. The monoisotopic (exact) mass is 328 g/mol. The number of pyridine rings is 1. The molecular weight excluding hydrogens is 308 g/mol. The molecule has 0 bridgehead atoms. The molecule has 0 aromatic carbocycles. The summed E-state index contributed by atoms with van der Waals surface area (Å²) in [5.74, 6) is 0.197. The molecule has 7 nitrogen and oxygen atoms in total. The lowest BCUT2D eigenvalue weighted by atomic mass is 9.91. The molecule has 1 N–H and O–H groups in total. The molecule has 0 unspecified atom stereocenters. The highest BCUT2D eigenvalue weighted by Crippen LogP contribution is 2.31. The van der Waals surface area contributed by atoms with Gasteiger partial charge in [-0.05, 0) is 32.0 Å². The lowest BCUT2D eigenvalue weighted by Crippen LogP contribution is -2.53. The highest BCUT2D eigenvalue weighted by atomic mass is 16.5. The second-order valence-electron chi connectivity index (χ2n) is 5.97. The summed E-state index contributed by atoms with van der Waals surface area (Å²) < 4.78 is 5.91. The maximum absolute atomic E-state index is 11.9. The zero-order valence-electron chi connectivity index (χ0n) is 13.8. The summed E-state index contributed by atoms with van der Waals surface area (Å²) >= 11 is 0. The fourth-order valence-electron chi connectivity index (χ4n) is 2.80. The number of aromatic nitrogens is 3. The SMILES string of the molecule is Cc1ccnc(N2CCC(Oc3cccnc3C)(C(=O)O)CC2)n1. The van der Waals surface area contributed by atoms with Crippen LogP contribution in [0.2, 0.25) is 0 Å². The molecule has 1 fully saturated rings. The minimum absolute atomic E-state index is 0.355. The zero-order valence-corrected chi connectivity index (χ0v) is 13.8. The number of rotatable bonds is 4. The fraction of sp³-hybridized carbons (Fsp3) is 0.412. The molecule has 1 aliphatic heterocycles. The third-order valence-corrected chi connectivity index (χ3v) is 4.29. The molecule has 24 heavy (non-hydrogen) atoms. The normalized spacial score (nSPS) is 16.7. The van der Waals surface area contributed by atoms with Crippen LogP contribution in [-0.2, 0) is 4.79 Å². The van der Waals surface area contributed by atoms with Gasteiger partial charge in [-0.15, -0.1) is 0 Å². The summed E-state index contributed by atoms with van der Waals surface area (Å²) in [7, 11) is 0. The molecule has 2 aromatic rings. The van der Waals surface area contributed by atoms with Gasteiger partial charge in [0.1, 0.15) is 5.75 Å². The van der Waals surface area contributed by atoms with Crippen LogP contribution in [0.1, 0.15) is 24.2 Å². The number of nitrogens with zero attached hydrogens (tertiary/aromatic N) is 4. The Morgan fingerprint density at radius 1 is 1.21 bits per heavy atom. The number of carboxylic acid groups (broad SMARTS) is 1. The zero-order chi connectivity index (χ0) is 17.2. The van der Waals surface area contributed by atoms with Crippen molar-refractivity contribution in [2.75, 3.05) is 18.0 Å². The van der Waals surface area contributed by atoms with Crippen LogP contribution in [0, 0.1) is 13.8 Å². The van der Waals surface area contributed by atoms with Crippen molar-refractivity contribution in [1.82, 2.24) is 15.0 Å². The molecule has 7 heteroatoms. The Bertz CT molecular complexity index is 742. The van der Waals surface area contributed by atoms with Crippen molar-refractivity contribution in [1.29, 1.82) is 0 Å². The molecule has 3 rings (SSSR count). The number of aliphatic carboxylic acids is 1. The Kier molecular flexibility index (Phi) is 4.33. The van der Waals surface area contributed by atoms with Crippen LogP contribution in [0.25, 0.3) is 0 Å². The molecule has 1 saturated heterocycles. The molecule has 0 saturated carbocycles. The highest BCUT2D eigenvalue weighted by Gasteiger charge is 2.44. The van der Waals surface area contributed by atoms with Crippen LogP contribution in [0.4, 0.5) is 5.95 Å². The molecule has 0 radical (unpaired) electrons. The first kappa shape index (κ1) is 16.2. The van der Waals surface area contributed by atoms with E-state index in [0.717, 1.165) is 5.69 Å². The molecule has 3 heterocycles. The third-order valence-electron chi connectivity index (χ3n) is 4.29. The van der Waals surface area contributed by atoms with Gasteiger partial charge in [0.25, 0.3) is 0 Å². The van der Waals surface area contributed by atoms with Crippen LogP contribution in [0.5, 0.6) is 5.75 Å². The molecular formula is C17H20N4O3. The van der Waals surface area contributed by atoms with Gasteiger partial charge < -0.3 is 14.7 Å². The van der Waals surface area contributed by atoms with Crippen molar-refractivity contribution in [2.45, 2.75) is 32.3 Å². The lowest BCUT2D eigenvalue weighted by molar-refractivity contribution is -0.157. The summed E-state index contributed by atoms with van der Waals surface area (Å²) in [6.45, 7) is 4.76. The van der Waals surface area contributed by atoms with E-state index in [2.05, 4.69) is 15.0 Å². The van der Waals surface area contributed by atoms with Gasteiger partial charge in [0, 0.05) is 44.0 Å². The van der Waals surface area contributed by atoms with Crippen LogP contribution in [-0.4, -0.2) is 44.7 Å². The minimum atomic E-state index is -1.24. The van der Waals surface area contributed by atoms with E-state index in [9.17, 15) is 9.90 Å². The van der Waals surface area contributed by atoms with Crippen LogP contribution >= 0.6 is 0 Å². The first-order chi connectivity index (χ1) is 11.5. The molecule has 0 amide bonds. The number of ether oxygens (including phenoxy) is 1. The topological polar surface area (TPSA) is 88.4 Å². The van der Waals surface area contributed by atoms with Gasteiger partial charge in [-0.2, -0.15) is 0 Å². The summed E-state index contributed by atoms with van der Waals surface area (Å²) in [6.07, 6.45) is 4.08. The molecule has 0 aliphatic carbocycles. The molecule has 0 spiro atoms. The van der Waals surface area contributed by atoms with E-state index in [4.69, 9.17) is 4.74 Å². The second kappa shape index (κ2) is 6.43. The standard InChI is InChI=1S/C17H20N4O3/c1-12-5-9-19-16(20-12)21-10-6-17(7-11-21,15(22)23)24-14-4-3-8-18-13(14)2/h3-5,8-9H,6-7,10-11H2,1-2H3,(H,22,23). The van der Waals surface area contributed by atoms with E-state index in [1.807, 2.05) is 17.9 Å². The van der Waals surface area contributed by atoms with E-state index in [0.29, 0.717) is 43.3 Å². The highest BCUT2D eigenvalue weighted by molar-refractivity contribution is 5.78. The number of piperidine rings is 1. The Morgan fingerprint density at radius 3 is 2.58 bits per heavy atom. The van der Waals surface area contributed by atoms with Gasteiger partial charge >= 0.3 is 5.97 Å². The van der Waals surface area contributed by atoms with Crippen molar-refractivity contribution in [2.24, 2.45) is 0 Å². The minimum Gasteiger partial charge on any atom is -0.478 e. The number of hydrogen-bond donors (Lipinski definition) is 1. The lowest BCUT2D eigenvalue weighted by Gasteiger charge is -2.39. The van der Waals surface area contributed by atoms with Crippen LogP contribution in [0.15, 0.2) is 30.6 Å². The third kappa shape index (κ3) is 3.15. The number of aryl methyl sites for hydroxylation is 2. The van der Waals surface area contributed by atoms with Crippen molar-refractivity contribution in [3.63, 3.8) is 0 Å². The quantitative estimate of drug-likeness (QED) is 0.918. The molecule has 2 aromatic heterocycles. The maximum atomic E-state index is 11.9. The number of anilines is 1. The maximum Gasteiger partial charge on any atom is 0.348 e. The van der Waals surface area contributed by atoms with Crippen molar-refractivity contribution >= 4 is 11.9 Å². The van der Waals surface area contributed by atoms with Gasteiger partial charge in [0.15, 0.2) is 0 Å². The Hall–Kier alpha value is -2.70. The smallest absolute Gasteiger partial charge is 0.348 e. The molecule has 1 aliphatic rings. The number of carbonyl (C=O) groups is 1. The largest absolute Gasteiger partial charge is 0.478 e. The average molecular weight is 328 g/mol. The van der Waals surface area contributed by atoms with Gasteiger partial charge in [-0.25, -0.2) is 14.8 Å². The Balaban J connectivity index is 1.77. The summed E-state index contributed by atoms with van der Waals surface area (Å²) in [4.78, 5) is 26.7. The van der Waals surface area contributed by atoms with Crippen LogP contribution < -0.4 is 9.64 Å². The van der Waals surface area contributed by atoms with E-state index in [-0.39, 0.29) is 0 Å². The predicted octanol–water partition coefficient (Wildman–Crippen LogP) is 1.99. The van der Waals surface area contributed by atoms with E-state index in [1.54, 1.807) is 31.5 Å². The van der Waals surface area contributed by atoms with Crippen molar-refractivity contribution in [3.8, 4) is 5.75 Å². The average Bonchev–Trinajstić information content (AvgIpc) is 2.57. The van der Waals surface area contributed by atoms with Crippen LogP contribution in [0.3, 0.4) is 0 Å². The summed E-state index contributed by atoms with van der Waals surface area (Å²) in [5.41, 5.74) is 0.327. The van der Waals surface area contributed by atoms with Gasteiger partial charge in [0.2, 0.25) is 11.5 Å². The summed E-state index contributed by atoms with van der Waals surface area (Å²) in [6, 6.07) is 5.33. The molecule has 0 atom stereocenters. The Labute approximate surface area is 140 Å². The van der Waals surface area contributed by atoms with E-state index < -0.39 is 11.6 Å².